The van der Waals surface area contributed by atoms with E-state index >= 15 is 0 Å². The molecule has 0 spiro atoms. The molecule has 0 unspecified atom stereocenters. The van der Waals surface area contributed by atoms with Crippen molar-refractivity contribution in [3.05, 3.63) is 94.0 Å². The van der Waals surface area contributed by atoms with Gasteiger partial charge >= 0.3 is 0 Å². The molecule has 5 nitrogen and oxygen atoms in total. The van der Waals surface area contributed by atoms with E-state index in [4.69, 9.17) is 11.6 Å². The molecule has 0 aliphatic carbocycles. The van der Waals surface area contributed by atoms with Crippen LogP contribution in [-0.4, -0.2) is 19.3 Å². The van der Waals surface area contributed by atoms with Crippen molar-refractivity contribution in [2.75, 3.05) is 0 Å². The SMILES string of the molecule is O=c1c2cc(-c3ccccc3)nn2ccn1C[C@@H](O)c1ccc(Cl)cc1. The molecule has 0 aliphatic heterocycles. The van der Waals surface area contributed by atoms with Crippen LogP contribution in [0.3, 0.4) is 0 Å². The fourth-order valence-electron chi connectivity index (χ4n) is 2.90. The molecule has 4 rings (SSSR count). The highest BCUT2D eigenvalue weighted by Gasteiger charge is 2.13. The maximum absolute atomic E-state index is 12.8. The van der Waals surface area contributed by atoms with Crippen molar-refractivity contribution in [1.29, 1.82) is 0 Å². The Labute approximate surface area is 154 Å². The van der Waals surface area contributed by atoms with Crippen molar-refractivity contribution in [3.8, 4) is 11.3 Å². The summed E-state index contributed by atoms with van der Waals surface area (Å²) in [5.74, 6) is 0. The summed E-state index contributed by atoms with van der Waals surface area (Å²) in [6.07, 6.45) is 2.55. The summed E-state index contributed by atoms with van der Waals surface area (Å²) >= 11 is 5.87. The zero-order valence-electron chi connectivity index (χ0n) is 13.8. The number of hydrogen-bond acceptors (Lipinski definition) is 3. The van der Waals surface area contributed by atoms with E-state index in [0.717, 1.165) is 11.3 Å². The average molecular weight is 366 g/mol. The molecule has 2 heterocycles. The van der Waals surface area contributed by atoms with Crippen LogP contribution in [0.25, 0.3) is 16.8 Å². The molecular formula is C20H16ClN3O2. The number of fused-ring (bicyclic) bond motifs is 1. The van der Waals surface area contributed by atoms with Crippen LogP contribution >= 0.6 is 11.6 Å². The normalized spacial score (nSPS) is 12.4. The van der Waals surface area contributed by atoms with Gasteiger partial charge < -0.3 is 9.67 Å². The van der Waals surface area contributed by atoms with Crippen LogP contribution < -0.4 is 5.56 Å². The first kappa shape index (κ1) is 16.6. The molecule has 4 aromatic rings. The monoisotopic (exact) mass is 365 g/mol. The van der Waals surface area contributed by atoms with E-state index in [1.54, 1.807) is 47.2 Å². The van der Waals surface area contributed by atoms with Crippen molar-refractivity contribution in [2.45, 2.75) is 12.6 Å². The van der Waals surface area contributed by atoms with Crippen molar-refractivity contribution in [1.82, 2.24) is 14.2 Å². The van der Waals surface area contributed by atoms with Crippen LogP contribution in [0.15, 0.2) is 77.9 Å². The molecule has 0 amide bonds. The Morgan fingerprint density at radius 2 is 1.77 bits per heavy atom. The van der Waals surface area contributed by atoms with Gasteiger partial charge in [0.25, 0.3) is 5.56 Å². The Hall–Kier alpha value is -2.89. The van der Waals surface area contributed by atoms with Gasteiger partial charge in [-0.3, -0.25) is 4.79 Å². The Morgan fingerprint density at radius 3 is 2.50 bits per heavy atom. The van der Waals surface area contributed by atoms with Gasteiger partial charge in [0.2, 0.25) is 0 Å². The van der Waals surface area contributed by atoms with Gasteiger partial charge in [-0.25, -0.2) is 4.52 Å². The van der Waals surface area contributed by atoms with Gasteiger partial charge in [0.1, 0.15) is 5.52 Å². The number of nitrogens with zero attached hydrogens (tertiary/aromatic N) is 3. The highest BCUT2D eigenvalue weighted by molar-refractivity contribution is 6.30. The van der Waals surface area contributed by atoms with Crippen molar-refractivity contribution in [3.63, 3.8) is 0 Å². The number of benzene rings is 2. The maximum Gasteiger partial charge on any atom is 0.276 e. The third kappa shape index (κ3) is 3.14. The molecule has 2 aromatic heterocycles. The van der Waals surface area contributed by atoms with Crippen LogP contribution in [-0.2, 0) is 6.54 Å². The van der Waals surface area contributed by atoms with E-state index in [1.807, 2.05) is 30.3 Å². The first-order valence-corrected chi connectivity index (χ1v) is 8.57. The van der Waals surface area contributed by atoms with Crippen LogP contribution in [0.2, 0.25) is 5.02 Å². The Balaban J connectivity index is 1.67. The molecule has 0 radical (unpaired) electrons. The fraction of sp³-hybridized carbons (Fsp3) is 0.100. The van der Waals surface area contributed by atoms with Crippen molar-refractivity contribution in [2.24, 2.45) is 0 Å². The molecule has 0 saturated heterocycles. The molecule has 26 heavy (non-hydrogen) atoms. The Kier molecular flexibility index (Phi) is 4.32. The first-order chi connectivity index (χ1) is 12.6. The molecule has 1 N–H and O–H groups in total. The summed E-state index contributed by atoms with van der Waals surface area (Å²) in [5.41, 5.74) is 2.66. The highest BCUT2D eigenvalue weighted by Crippen LogP contribution is 2.19. The summed E-state index contributed by atoms with van der Waals surface area (Å²) in [7, 11) is 0. The summed E-state index contributed by atoms with van der Waals surface area (Å²) in [5, 5.41) is 15.5. The summed E-state index contributed by atoms with van der Waals surface area (Å²) < 4.78 is 3.06. The van der Waals surface area contributed by atoms with Gasteiger partial charge in [0, 0.05) is 23.0 Å². The molecule has 2 aromatic carbocycles. The van der Waals surface area contributed by atoms with Crippen LogP contribution in [0.4, 0.5) is 0 Å². The third-order valence-corrected chi connectivity index (χ3v) is 4.55. The first-order valence-electron chi connectivity index (χ1n) is 8.19. The minimum atomic E-state index is -0.802. The average Bonchev–Trinajstić information content (AvgIpc) is 3.10. The summed E-state index contributed by atoms with van der Waals surface area (Å²) in [6, 6.07) is 18.4. The van der Waals surface area contributed by atoms with Gasteiger partial charge in [-0.2, -0.15) is 5.10 Å². The van der Waals surface area contributed by atoms with Crippen molar-refractivity contribution < 1.29 is 5.11 Å². The van der Waals surface area contributed by atoms with Crippen LogP contribution in [0, 0.1) is 0 Å². The third-order valence-electron chi connectivity index (χ3n) is 4.30. The van der Waals surface area contributed by atoms with Gasteiger partial charge in [-0.15, -0.1) is 0 Å². The predicted molar refractivity (Wildman–Crippen MR) is 101 cm³/mol. The quantitative estimate of drug-likeness (QED) is 0.601. The molecule has 0 fully saturated rings. The number of halogens is 1. The minimum Gasteiger partial charge on any atom is -0.387 e. The largest absolute Gasteiger partial charge is 0.387 e. The Bertz CT molecular complexity index is 1100. The number of hydrogen-bond donors (Lipinski definition) is 1. The minimum absolute atomic E-state index is 0.156. The second-order valence-corrected chi connectivity index (χ2v) is 6.48. The lowest BCUT2D eigenvalue weighted by atomic mass is 10.1. The van der Waals surface area contributed by atoms with E-state index in [-0.39, 0.29) is 12.1 Å². The second-order valence-electron chi connectivity index (χ2n) is 6.05. The number of aliphatic hydroxyl groups is 1. The van der Waals surface area contributed by atoms with Gasteiger partial charge in [-0.05, 0) is 23.8 Å². The van der Waals surface area contributed by atoms with E-state index in [0.29, 0.717) is 16.1 Å². The molecule has 6 heteroatoms. The van der Waals surface area contributed by atoms with E-state index in [1.165, 1.54) is 4.57 Å². The molecule has 0 bridgehead atoms. The molecule has 1 atom stereocenters. The van der Waals surface area contributed by atoms with Gasteiger partial charge in [0.15, 0.2) is 0 Å². The van der Waals surface area contributed by atoms with E-state index < -0.39 is 6.10 Å². The van der Waals surface area contributed by atoms with Gasteiger partial charge in [0.05, 0.1) is 18.3 Å². The zero-order chi connectivity index (χ0) is 18.1. The number of aromatic nitrogens is 3. The zero-order valence-corrected chi connectivity index (χ0v) is 14.5. The number of aliphatic hydroxyl groups excluding tert-OH is 1. The smallest absolute Gasteiger partial charge is 0.276 e. The number of rotatable bonds is 4. The lowest BCUT2D eigenvalue weighted by molar-refractivity contribution is 0.155. The van der Waals surface area contributed by atoms with Crippen LogP contribution in [0.1, 0.15) is 11.7 Å². The second kappa shape index (κ2) is 6.78. The lowest BCUT2D eigenvalue weighted by Crippen LogP contribution is -2.24. The van der Waals surface area contributed by atoms with E-state index in [2.05, 4.69) is 5.10 Å². The predicted octanol–water partition coefficient (Wildman–Crippen LogP) is 3.55. The fourth-order valence-corrected chi connectivity index (χ4v) is 3.02. The lowest BCUT2D eigenvalue weighted by Gasteiger charge is -2.13. The molecular weight excluding hydrogens is 350 g/mol. The Morgan fingerprint density at radius 1 is 1.04 bits per heavy atom. The topological polar surface area (TPSA) is 59.5 Å². The molecule has 0 saturated carbocycles. The standard InChI is InChI=1S/C20H16ClN3O2/c21-16-8-6-15(7-9-16)19(25)13-23-10-11-24-18(20(23)26)12-17(22-24)14-4-2-1-3-5-14/h1-12,19,25H,13H2/t19-/m1/s1. The van der Waals surface area contributed by atoms with Crippen LogP contribution in [0.5, 0.6) is 0 Å². The van der Waals surface area contributed by atoms with E-state index in [9.17, 15) is 9.90 Å². The molecule has 130 valence electrons. The molecule has 0 aliphatic rings. The van der Waals surface area contributed by atoms with Gasteiger partial charge in [-0.1, -0.05) is 54.1 Å². The van der Waals surface area contributed by atoms with Crippen molar-refractivity contribution >= 4 is 17.1 Å². The summed E-state index contributed by atoms with van der Waals surface area (Å²) in [6.45, 7) is 0.156. The summed E-state index contributed by atoms with van der Waals surface area (Å²) in [4.78, 5) is 12.8. The highest BCUT2D eigenvalue weighted by atomic mass is 35.5. The maximum atomic E-state index is 12.8.